The van der Waals surface area contributed by atoms with Crippen LogP contribution in [0.1, 0.15) is 27.9 Å². The summed E-state index contributed by atoms with van der Waals surface area (Å²) < 4.78 is 43.3. The van der Waals surface area contributed by atoms with Crippen LogP contribution in [0.15, 0.2) is 42.6 Å². The third-order valence-corrected chi connectivity index (χ3v) is 5.29. The van der Waals surface area contributed by atoms with E-state index in [1.165, 1.54) is 18.3 Å². The fourth-order valence-electron chi connectivity index (χ4n) is 2.64. The van der Waals surface area contributed by atoms with Crippen LogP contribution in [0.25, 0.3) is 0 Å². The summed E-state index contributed by atoms with van der Waals surface area (Å²) >= 11 is 1.85. The molecule has 4 nitrogen and oxygen atoms in total. The zero-order valence-corrected chi connectivity index (χ0v) is 15.3. The van der Waals surface area contributed by atoms with Crippen molar-refractivity contribution < 1.29 is 22.7 Å². The molecule has 2 heterocycles. The van der Waals surface area contributed by atoms with Gasteiger partial charge in [0.05, 0.1) is 11.1 Å². The quantitative estimate of drug-likeness (QED) is 0.803. The molecule has 1 fully saturated rings. The van der Waals surface area contributed by atoms with Crippen molar-refractivity contribution in [2.24, 2.45) is 0 Å². The molecule has 1 aliphatic heterocycles. The van der Waals surface area contributed by atoms with E-state index in [0.29, 0.717) is 24.4 Å². The smallest absolute Gasteiger partial charge is 0.416 e. The molecule has 1 aromatic heterocycles. The number of alkyl halides is 3. The van der Waals surface area contributed by atoms with Gasteiger partial charge in [0.25, 0.3) is 5.91 Å². The number of thioether (sulfide) groups is 1. The number of nitrogens with zero attached hydrogens (tertiary/aromatic N) is 1. The number of carbonyl (C=O) groups is 1. The number of aromatic nitrogens is 1. The first-order valence-electron chi connectivity index (χ1n) is 8.56. The van der Waals surface area contributed by atoms with Crippen molar-refractivity contribution in [3.63, 3.8) is 0 Å². The second-order valence-corrected chi connectivity index (χ2v) is 7.34. The van der Waals surface area contributed by atoms with Crippen LogP contribution in [0.4, 0.5) is 13.2 Å². The van der Waals surface area contributed by atoms with Gasteiger partial charge in [-0.2, -0.15) is 24.9 Å². The third kappa shape index (κ3) is 5.63. The van der Waals surface area contributed by atoms with E-state index in [-0.39, 0.29) is 12.0 Å². The number of hydrogen-bond acceptors (Lipinski definition) is 4. The van der Waals surface area contributed by atoms with Gasteiger partial charge >= 0.3 is 6.18 Å². The Hall–Kier alpha value is -2.22. The summed E-state index contributed by atoms with van der Waals surface area (Å²) in [5.41, 5.74) is 0.454. The molecule has 0 spiro atoms. The van der Waals surface area contributed by atoms with Gasteiger partial charge in [-0.05, 0) is 42.4 Å². The van der Waals surface area contributed by atoms with Crippen molar-refractivity contribution in [3.05, 3.63) is 59.3 Å². The Balaban J connectivity index is 1.46. The Morgan fingerprint density at radius 3 is 2.59 bits per heavy atom. The molecule has 0 bridgehead atoms. The van der Waals surface area contributed by atoms with Gasteiger partial charge in [0, 0.05) is 24.6 Å². The second kappa shape index (κ2) is 8.65. The van der Waals surface area contributed by atoms with Gasteiger partial charge in [0.15, 0.2) is 0 Å². The van der Waals surface area contributed by atoms with Gasteiger partial charge in [0.2, 0.25) is 5.88 Å². The second-order valence-electron chi connectivity index (χ2n) is 6.19. The zero-order valence-electron chi connectivity index (χ0n) is 14.5. The highest BCUT2D eigenvalue weighted by Crippen LogP contribution is 2.29. The molecule has 0 saturated carbocycles. The molecule has 144 valence electrons. The van der Waals surface area contributed by atoms with Crippen molar-refractivity contribution in [2.75, 3.05) is 18.1 Å². The molecule has 27 heavy (non-hydrogen) atoms. The van der Waals surface area contributed by atoms with Crippen LogP contribution >= 0.6 is 11.8 Å². The van der Waals surface area contributed by atoms with Crippen LogP contribution in [0.5, 0.6) is 5.88 Å². The Labute approximate surface area is 159 Å². The van der Waals surface area contributed by atoms with Crippen molar-refractivity contribution in [1.29, 1.82) is 0 Å². The number of amides is 1. The van der Waals surface area contributed by atoms with E-state index in [2.05, 4.69) is 10.3 Å². The van der Waals surface area contributed by atoms with Gasteiger partial charge in [-0.25, -0.2) is 4.98 Å². The number of ether oxygens (including phenoxy) is 1. The minimum absolute atomic E-state index is 0.172. The summed E-state index contributed by atoms with van der Waals surface area (Å²) in [5, 5.41) is 2.74. The predicted molar refractivity (Wildman–Crippen MR) is 98.1 cm³/mol. The molecule has 2 aromatic rings. The van der Waals surface area contributed by atoms with Gasteiger partial charge in [-0.3, -0.25) is 4.79 Å². The molecule has 1 atom stereocenters. The molecule has 1 amide bonds. The van der Waals surface area contributed by atoms with E-state index in [1.54, 1.807) is 12.1 Å². The maximum atomic E-state index is 12.5. The largest absolute Gasteiger partial charge is 0.473 e. The molecule has 0 radical (unpaired) electrons. The highest BCUT2D eigenvalue weighted by molar-refractivity contribution is 7.99. The standard InChI is InChI=1S/C19H19F3N2O2S/c20-19(21,22)15-4-1-13(2-5-15)7-9-23-18(25)14-3-6-17(24-11-14)26-16-8-10-27-12-16/h1-6,11,16H,7-10,12H2,(H,23,25). The Bertz CT molecular complexity index is 758. The fourth-order valence-corrected chi connectivity index (χ4v) is 3.74. The SMILES string of the molecule is O=C(NCCc1ccc(C(F)(F)F)cc1)c1ccc(OC2CCSC2)nc1. The first-order chi connectivity index (χ1) is 12.9. The molecule has 8 heteroatoms. The summed E-state index contributed by atoms with van der Waals surface area (Å²) in [6, 6.07) is 8.25. The van der Waals surface area contributed by atoms with E-state index in [1.807, 2.05) is 11.8 Å². The molecule has 1 unspecified atom stereocenters. The first kappa shape index (κ1) is 19.5. The summed E-state index contributed by atoms with van der Waals surface area (Å²) in [5.74, 6) is 2.26. The van der Waals surface area contributed by atoms with Crippen molar-refractivity contribution in [1.82, 2.24) is 10.3 Å². The van der Waals surface area contributed by atoms with Crippen molar-refractivity contribution in [2.45, 2.75) is 25.1 Å². The summed E-state index contributed by atoms with van der Waals surface area (Å²) in [6.45, 7) is 0.321. The number of nitrogens with one attached hydrogen (secondary N) is 1. The Morgan fingerprint density at radius 2 is 2.00 bits per heavy atom. The Morgan fingerprint density at radius 1 is 1.22 bits per heavy atom. The predicted octanol–water partition coefficient (Wildman–Crippen LogP) is 3.96. The monoisotopic (exact) mass is 396 g/mol. The van der Waals surface area contributed by atoms with Crippen LogP contribution in [0.2, 0.25) is 0 Å². The third-order valence-electron chi connectivity index (χ3n) is 4.15. The molecule has 3 rings (SSSR count). The maximum Gasteiger partial charge on any atom is 0.416 e. The van der Waals surface area contributed by atoms with Gasteiger partial charge < -0.3 is 10.1 Å². The topological polar surface area (TPSA) is 51.2 Å². The lowest BCUT2D eigenvalue weighted by Crippen LogP contribution is -2.26. The maximum absolute atomic E-state index is 12.5. The van der Waals surface area contributed by atoms with E-state index < -0.39 is 11.7 Å². The molecule has 1 aliphatic rings. The average Bonchev–Trinajstić information content (AvgIpc) is 3.15. The van der Waals surface area contributed by atoms with Crippen LogP contribution in [0, 0.1) is 0 Å². The summed E-state index contributed by atoms with van der Waals surface area (Å²) in [7, 11) is 0. The average molecular weight is 396 g/mol. The number of benzene rings is 1. The number of pyridine rings is 1. The molecule has 1 saturated heterocycles. The number of carbonyl (C=O) groups excluding carboxylic acids is 1. The van der Waals surface area contributed by atoms with Crippen LogP contribution in [-0.2, 0) is 12.6 Å². The van der Waals surface area contributed by atoms with Crippen molar-refractivity contribution in [3.8, 4) is 5.88 Å². The fraction of sp³-hybridized carbons (Fsp3) is 0.368. The van der Waals surface area contributed by atoms with Crippen molar-refractivity contribution >= 4 is 17.7 Å². The minimum atomic E-state index is -4.34. The van der Waals surface area contributed by atoms with Gasteiger partial charge in [-0.1, -0.05) is 12.1 Å². The molecule has 1 aromatic carbocycles. The molecule has 1 N–H and O–H groups in total. The lowest BCUT2D eigenvalue weighted by Gasteiger charge is -2.11. The zero-order chi connectivity index (χ0) is 19.3. The number of halogens is 3. The summed E-state index contributed by atoms with van der Waals surface area (Å²) in [6.07, 6.45) is -1.26. The lowest BCUT2D eigenvalue weighted by molar-refractivity contribution is -0.137. The van der Waals surface area contributed by atoms with E-state index in [0.717, 1.165) is 35.6 Å². The van der Waals surface area contributed by atoms with E-state index in [4.69, 9.17) is 4.74 Å². The Kier molecular flexibility index (Phi) is 6.26. The van der Waals surface area contributed by atoms with Crippen LogP contribution in [0.3, 0.4) is 0 Å². The molecular formula is C19H19F3N2O2S. The number of hydrogen-bond donors (Lipinski definition) is 1. The highest BCUT2D eigenvalue weighted by atomic mass is 32.2. The van der Waals surface area contributed by atoms with E-state index in [9.17, 15) is 18.0 Å². The van der Waals surface area contributed by atoms with Gasteiger partial charge in [-0.15, -0.1) is 0 Å². The van der Waals surface area contributed by atoms with Crippen LogP contribution in [-0.4, -0.2) is 35.0 Å². The highest BCUT2D eigenvalue weighted by Gasteiger charge is 2.29. The summed E-state index contributed by atoms with van der Waals surface area (Å²) in [4.78, 5) is 16.3. The minimum Gasteiger partial charge on any atom is -0.473 e. The first-order valence-corrected chi connectivity index (χ1v) is 9.72. The molecule has 0 aliphatic carbocycles. The lowest BCUT2D eigenvalue weighted by atomic mass is 10.1. The van der Waals surface area contributed by atoms with Gasteiger partial charge in [0.1, 0.15) is 6.10 Å². The normalized spacial score (nSPS) is 16.9. The molecular weight excluding hydrogens is 377 g/mol. The van der Waals surface area contributed by atoms with Crippen LogP contribution < -0.4 is 10.1 Å². The van der Waals surface area contributed by atoms with E-state index >= 15 is 0 Å². The number of rotatable bonds is 6.